The normalized spacial score (nSPS) is 15.8. The maximum atomic E-state index is 11.8. The molecule has 108 valence electrons. The van der Waals surface area contributed by atoms with Crippen LogP contribution >= 0.6 is 0 Å². The predicted molar refractivity (Wildman–Crippen MR) is 74.1 cm³/mol. The van der Waals surface area contributed by atoms with Gasteiger partial charge in [0.05, 0.1) is 18.0 Å². The highest BCUT2D eigenvalue weighted by atomic mass is 32.2. The van der Waals surface area contributed by atoms with Gasteiger partial charge in [-0.25, -0.2) is 13.1 Å². The molecule has 0 aromatic carbocycles. The number of hydrogen-bond donors (Lipinski definition) is 2. The van der Waals surface area contributed by atoms with Crippen molar-refractivity contribution in [3.8, 4) is 0 Å². The maximum absolute atomic E-state index is 11.8. The van der Waals surface area contributed by atoms with E-state index >= 15 is 0 Å². The Morgan fingerprint density at radius 1 is 1.42 bits per heavy atom. The van der Waals surface area contributed by atoms with Crippen LogP contribution in [0.25, 0.3) is 0 Å². The topological polar surface area (TPSA) is 76.0 Å². The van der Waals surface area contributed by atoms with Gasteiger partial charge in [0.15, 0.2) is 0 Å². The lowest BCUT2D eigenvalue weighted by Crippen LogP contribution is -2.27. The van der Waals surface area contributed by atoms with Gasteiger partial charge in [-0.2, -0.15) is 5.10 Å². The van der Waals surface area contributed by atoms with Crippen molar-refractivity contribution < 1.29 is 8.42 Å². The molecule has 1 fully saturated rings. The zero-order chi connectivity index (χ0) is 13.7. The van der Waals surface area contributed by atoms with Crippen LogP contribution in [-0.4, -0.2) is 36.5 Å². The van der Waals surface area contributed by atoms with E-state index in [9.17, 15) is 8.42 Å². The molecule has 0 saturated heterocycles. The first kappa shape index (κ1) is 14.5. The van der Waals surface area contributed by atoms with Crippen LogP contribution in [0.3, 0.4) is 0 Å². The molecule has 0 amide bonds. The van der Waals surface area contributed by atoms with Gasteiger partial charge in [0, 0.05) is 19.3 Å². The lowest BCUT2D eigenvalue weighted by molar-refractivity contribution is 0.569. The molecule has 0 unspecified atom stereocenters. The molecule has 0 spiro atoms. The molecule has 6 nitrogen and oxygen atoms in total. The zero-order valence-corrected chi connectivity index (χ0v) is 12.1. The Hall–Kier alpha value is -0.920. The molecule has 2 rings (SSSR count). The minimum atomic E-state index is -3.18. The van der Waals surface area contributed by atoms with Crippen LogP contribution in [0.15, 0.2) is 12.3 Å². The average Bonchev–Trinajstić information content (AvgIpc) is 3.08. The molecule has 1 saturated carbocycles. The lowest BCUT2D eigenvalue weighted by Gasteiger charge is -2.07. The second-order valence-electron chi connectivity index (χ2n) is 5.02. The van der Waals surface area contributed by atoms with E-state index in [-0.39, 0.29) is 5.75 Å². The highest BCUT2D eigenvalue weighted by Crippen LogP contribution is 2.18. The molecule has 0 aliphatic heterocycles. The Morgan fingerprint density at radius 2 is 2.21 bits per heavy atom. The minimum Gasteiger partial charge on any atom is -0.314 e. The fourth-order valence-electron chi connectivity index (χ4n) is 1.84. The summed E-state index contributed by atoms with van der Waals surface area (Å²) in [5, 5.41) is 7.38. The highest BCUT2D eigenvalue weighted by molar-refractivity contribution is 7.89. The predicted octanol–water partition coefficient (Wildman–Crippen LogP) is 0.372. The average molecular weight is 286 g/mol. The van der Waals surface area contributed by atoms with Crippen molar-refractivity contribution >= 4 is 10.0 Å². The van der Waals surface area contributed by atoms with Gasteiger partial charge < -0.3 is 5.32 Å². The fourth-order valence-corrected chi connectivity index (χ4v) is 2.94. The van der Waals surface area contributed by atoms with Crippen LogP contribution in [0.1, 0.15) is 31.4 Å². The largest absolute Gasteiger partial charge is 0.314 e. The third kappa shape index (κ3) is 5.30. The number of unbranched alkanes of at least 4 members (excludes halogenated alkanes) is 1. The van der Waals surface area contributed by atoms with Crippen molar-refractivity contribution in [3.63, 3.8) is 0 Å². The quantitative estimate of drug-likeness (QED) is 0.643. The molecule has 7 heteroatoms. The Balaban J connectivity index is 1.62. The molecule has 1 heterocycles. The number of aromatic nitrogens is 2. The van der Waals surface area contributed by atoms with E-state index in [4.69, 9.17) is 0 Å². The van der Waals surface area contributed by atoms with Crippen LogP contribution in [0.5, 0.6) is 0 Å². The minimum absolute atomic E-state index is 0.192. The van der Waals surface area contributed by atoms with Crippen molar-refractivity contribution in [2.75, 3.05) is 12.3 Å². The number of nitrogens with one attached hydrogen (secondary N) is 2. The van der Waals surface area contributed by atoms with Crippen molar-refractivity contribution in [3.05, 3.63) is 18.0 Å². The van der Waals surface area contributed by atoms with Gasteiger partial charge in [-0.05, 0) is 38.3 Å². The fraction of sp³-hybridized carbons (Fsp3) is 0.750. The van der Waals surface area contributed by atoms with E-state index in [1.165, 1.54) is 12.8 Å². The number of aryl methyl sites for hydroxylation is 1. The van der Waals surface area contributed by atoms with Crippen molar-refractivity contribution in [1.29, 1.82) is 0 Å². The van der Waals surface area contributed by atoms with Crippen molar-refractivity contribution in [2.24, 2.45) is 7.05 Å². The van der Waals surface area contributed by atoms with Gasteiger partial charge in [-0.1, -0.05) is 0 Å². The third-order valence-corrected chi connectivity index (χ3v) is 4.66. The second kappa shape index (κ2) is 6.49. The lowest BCUT2D eigenvalue weighted by atomic mass is 10.3. The van der Waals surface area contributed by atoms with Gasteiger partial charge in [0.1, 0.15) is 0 Å². The van der Waals surface area contributed by atoms with Crippen LogP contribution in [0, 0.1) is 0 Å². The number of hydrogen-bond acceptors (Lipinski definition) is 4. The molecular formula is C12H22N4O2S. The molecule has 1 aromatic rings. The number of nitrogens with zero attached hydrogens (tertiary/aromatic N) is 2. The maximum Gasteiger partial charge on any atom is 0.211 e. The van der Waals surface area contributed by atoms with Gasteiger partial charge in [0.2, 0.25) is 10.0 Å². The Bertz CT molecular complexity index is 494. The summed E-state index contributed by atoms with van der Waals surface area (Å²) >= 11 is 0. The molecular weight excluding hydrogens is 264 g/mol. The van der Waals surface area contributed by atoms with Gasteiger partial charge >= 0.3 is 0 Å². The van der Waals surface area contributed by atoms with E-state index in [1.807, 2.05) is 6.07 Å². The molecule has 19 heavy (non-hydrogen) atoms. The van der Waals surface area contributed by atoms with E-state index < -0.39 is 10.0 Å². The Kier molecular flexibility index (Phi) is 4.95. The summed E-state index contributed by atoms with van der Waals surface area (Å²) in [4.78, 5) is 0. The summed E-state index contributed by atoms with van der Waals surface area (Å²) in [6.45, 7) is 1.22. The Labute approximate surface area is 114 Å². The SMILES string of the molecule is Cn1nccc1CNS(=O)(=O)CCCCNC1CC1. The summed E-state index contributed by atoms with van der Waals surface area (Å²) in [6, 6.07) is 2.50. The molecule has 0 bridgehead atoms. The molecule has 0 atom stereocenters. The molecule has 1 aromatic heterocycles. The second-order valence-corrected chi connectivity index (χ2v) is 6.95. The summed E-state index contributed by atoms with van der Waals surface area (Å²) in [5.74, 6) is 0.192. The monoisotopic (exact) mass is 286 g/mol. The van der Waals surface area contributed by atoms with E-state index in [0.29, 0.717) is 19.0 Å². The van der Waals surface area contributed by atoms with Crippen LogP contribution in [-0.2, 0) is 23.6 Å². The Morgan fingerprint density at radius 3 is 2.84 bits per heavy atom. The zero-order valence-electron chi connectivity index (χ0n) is 11.3. The molecule has 1 aliphatic carbocycles. The molecule has 0 radical (unpaired) electrons. The van der Waals surface area contributed by atoms with Gasteiger partial charge in [-0.15, -0.1) is 0 Å². The number of rotatable bonds is 9. The summed E-state index contributed by atoms with van der Waals surface area (Å²) in [6.07, 6.45) is 5.80. The molecule has 2 N–H and O–H groups in total. The van der Waals surface area contributed by atoms with Crippen LogP contribution in [0.4, 0.5) is 0 Å². The van der Waals surface area contributed by atoms with Crippen molar-refractivity contribution in [1.82, 2.24) is 19.8 Å². The highest BCUT2D eigenvalue weighted by Gasteiger charge is 2.19. The first-order valence-corrected chi connectivity index (χ1v) is 8.40. The first-order valence-electron chi connectivity index (χ1n) is 6.74. The van der Waals surface area contributed by atoms with Gasteiger partial charge in [0.25, 0.3) is 0 Å². The van der Waals surface area contributed by atoms with Crippen LogP contribution < -0.4 is 10.0 Å². The summed E-state index contributed by atoms with van der Waals surface area (Å²) in [7, 11) is -1.38. The number of sulfonamides is 1. The van der Waals surface area contributed by atoms with E-state index in [0.717, 1.165) is 18.7 Å². The van der Waals surface area contributed by atoms with Crippen LogP contribution in [0.2, 0.25) is 0 Å². The third-order valence-electron chi connectivity index (χ3n) is 3.25. The smallest absolute Gasteiger partial charge is 0.211 e. The summed E-state index contributed by atoms with van der Waals surface area (Å²) in [5.41, 5.74) is 0.860. The molecule has 1 aliphatic rings. The summed E-state index contributed by atoms with van der Waals surface area (Å²) < 4.78 is 27.8. The van der Waals surface area contributed by atoms with Crippen molar-refractivity contribution in [2.45, 2.75) is 38.3 Å². The van der Waals surface area contributed by atoms with E-state index in [2.05, 4.69) is 15.1 Å². The standard InChI is InChI=1S/C12H22N4O2S/c1-16-12(6-8-14-16)10-15-19(17,18)9-3-2-7-13-11-4-5-11/h6,8,11,13,15H,2-5,7,9-10H2,1H3. The first-order chi connectivity index (χ1) is 9.07. The van der Waals surface area contributed by atoms with Gasteiger partial charge in [-0.3, -0.25) is 4.68 Å². The van der Waals surface area contributed by atoms with E-state index in [1.54, 1.807) is 17.9 Å².